The quantitative estimate of drug-likeness (QED) is 0.916. The van der Waals surface area contributed by atoms with Gasteiger partial charge in [0.25, 0.3) is 0 Å². The van der Waals surface area contributed by atoms with Crippen molar-refractivity contribution in [2.24, 2.45) is 5.92 Å². The number of nitrogens with one attached hydrogen (secondary N) is 1. The van der Waals surface area contributed by atoms with E-state index >= 15 is 0 Å². The van der Waals surface area contributed by atoms with Crippen LogP contribution in [-0.2, 0) is 6.54 Å². The number of benzene rings is 1. The van der Waals surface area contributed by atoms with Gasteiger partial charge in [0, 0.05) is 40.8 Å². The van der Waals surface area contributed by atoms with Crippen molar-refractivity contribution < 1.29 is 0 Å². The Morgan fingerprint density at radius 1 is 1.29 bits per heavy atom. The molecule has 0 amide bonds. The zero-order chi connectivity index (χ0) is 15.4. The standard InChI is InChI=1S/C17H21ClN2O/c1-12(2)9-19-10-14-11-20(13(3)7-17(14)21)16-6-4-5-15(18)8-16/h4-8,11-12,19H,9-10H2,1-3H3. The zero-order valence-corrected chi connectivity index (χ0v) is 13.4. The van der Waals surface area contributed by atoms with Crippen LogP contribution in [0.3, 0.4) is 0 Å². The maximum absolute atomic E-state index is 12.1. The average molecular weight is 305 g/mol. The first kappa shape index (κ1) is 15.8. The Hall–Kier alpha value is -1.58. The molecule has 0 saturated heterocycles. The van der Waals surface area contributed by atoms with E-state index < -0.39 is 0 Å². The lowest BCUT2D eigenvalue weighted by Crippen LogP contribution is -2.24. The van der Waals surface area contributed by atoms with Crippen molar-refractivity contribution in [2.75, 3.05) is 6.54 Å². The summed E-state index contributed by atoms with van der Waals surface area (Å²) in [5, 5.41) is 4.00. The molecule has 0 radical (unpaired) electrons. The van der Waals surface area contributed by atoms with Gasteiger partial charge in [0.2, 0.25) is 0 Å². The number of aromatic nitrogens is 1. The molecule has 1 aromatic heterocycles. The first-order valence-corrected chi connectivity index (χ1v) is 7.54. The first-order valence-electron chi connectivity index (χ1n) is 7.16. The molecule has 0 bridgehead atoms. The predicted octanol–water partition coefficient (Wildman–Crippen LogP) is 3.54. The topological polar surface area (TPSA) is 34.0 Å². The molecule has 21 heavy (non-hydrogen) atoms. The summed E-state index contributed by atoms with van der Waals surface area (Å²) in [7, 11) is 0. The van der Waals surface area contributed by atoms with Gasteiger partial charge in [-0.05, 0) is 37.6 Å². The molecule has 4 heteroatoms. The predicted molar refractivity (Wildman–Crippen MR) is 88.3 cm³/mol. The molecule has 0 aliphatic rings. The van der Waals surface area contributed by atoms with Gasteiger partial charge in [-0.3, -0.25) is 4.79 Å². The van der Waals surface area contributed by atoms with Crippen molar-refractivity contribution in [1.82, 2.24) is 9.88 Å². The van der Waals surface area contributed by atoms with Crippen LogP contribution in [0.4, 0.5) is 0 Å². The number of nitrogens with zero attached hydrogens (tertiary/aromatic N) is 1. The zero-order valence-electron chi connectivity index (χ0n) is 12.7. The van der Waals surface area contributed by atoms with Gasteiger partial charge in [-0.1, -0.05) is 31.5 Å². The van der Waals surface area contributed by atoms with Crippen LogP contribution in [0.25, 0.3) is 5.69 Å². The van der Waals surface area contributed by atoms with E-state index in [0.29, 0.717) is 17.5 Å². The molecule has 1 aromatic carbocycles. The highest BCUT2D eigenvalue weighted by Gasteiger charge is 2.06. The number of aryl methyl sites for hydroxylation is 1. The van der Waals surface area contributed by atoms with Crippen LogP contribution in [0.15, 0.2) is 41.3 Å². The van der Waals surface area contributed by atoms with E-state index in [9.17, 15) is 4.79 Å². The molecular formula is C17H21ClN2O. The van der Waals surface area contributed by atoms with Crippen molar-refractivity contribution in [2.45, 2.75) is 27.3 Å². The second-order valence-electron chi connectivity index (χ2n) is 5.68. The van der Waals surface area contributed by atoms with Gasteiger partial charge in [-0.25, -0.2) is 0 Å². The van der Waals surface area contributed by atoms with E-state index in [1.807, 2.05) is 42.0 Å². The summed E-state index contributed by atoms with van der Waals surface area (Å²) in [5.74, 6) is 0.561. The third-order valence-electron chi connectivity index (χ3n) is 3.28. The minimum absolute atomic E-state index is 0.0713. The van der Waals surface area contributed by atoms with E-state index in [2.05, 4.69) is 19.2 Å². The summed E-state index contributed by atoms with van der Waals surface area (Å²) in [4.78, 5) is 12.1. The lowest BCUT2D eigenvalue weighted by molar-refractivity contribution is 0.550. The summed E-state index contributed by atoms with van der Waals surface area (Å²) in [5.41, 5.74) is 2.70. The fraction of sp³-hybridized carbons (Fsp3) is 0.353. The van der Waals surface area contributed by atoms with Gasteiger partial charge in [-0.15, -0.1) is 0 Å². The van der Waals surface area contributed by atoms with Gasteiger partial charge in [0.05, 0.1) is 0 Å². The van der Waals surface area contributed by atoms with Crippen LogP contribution in [0.2, 0.25) is 5.02 Å². The highest BCUT2D eigenvalue weighted by molar-refractivity contribution is 6.30. The Morgan fingerprint density at radius 3 is 2.71 bits per heavy atom. The monoisotopic (exact) mass is 304 g/mol. The van der Waals surface area contributed by atoms with Crippen LogP contribution in [0.1, 0.15) is 25.1 Å². The second-order valence-corrected chi connectivity index (χ2v) is 6.12. The molecule has 2 rings (SSSR count). The van der Waals surface area contributed by atoms with Crippen molar-refractivity contribution in [3.63, 3.8) is 0 Å². The van der Waals surface area contributed by atoms with Gasteiger partial charge < -0.3 is 9.88 Å². The molecule has 112 valence electrons. The Bertz CT molecular complexity index is 677. The van der Waals surface area contributed by atoms with Crippen molar-refractivity contribution in [1.29, 1.82) is 0 Å². The summed E-state index contributed by atoms with van der Waals surface area (Å²) in [6.07, 6.45) is 1.90. The minimum atomic E-state index is 0.0713. The maximum Gasteiger partial charge on any atom is 0.186 e. The molecule has 0 spiro atoms. The Morgan fingerprint density at radius 2 is 2.05 bits per heavy atom. The maximum atomic E-state index is 12.1. The fourth-order valence-electron chi connectivity index (χ4n) is 2.21. The smallest absolute Gasteiger partial charge is 0.186 e. The van der Waals surface area contributed by atoms with E-state index in [0.717, 1.165) is 23.5 Å². The van der Waals surface area contributed by atoms with Crippen LogP contribution in [-0.4, -0.2) is 11.1 Å². The molecular weight excluding hydrogens is 284 g/mol. The van der Waals surface area contributed by atoms with Gasteiger partial charge >= 0.3 is 0 Å². The lowest BCUT2D eigenvalue weighted by Gasteiger charge is -2.14. The highest BCUT2D eigenvalue weighted by atomic mass is 35.5. The number of rotatable bonds is 5. The van der Waals surface area contributed by atoms with Crippen LogP contribution >= 0.6 is 11.6 Å². The summed E-state index contributed by atoms with van der Waals surface area (Å²) in [6.45, 7) is 7.69. The molecule has 2 aromatic rings. The van der Waals surface area contributed by atoms with E-state index in [1.54, 1.807) is 6.07 Å². The van der Waals surface area contributed by atoms with E-state index in [1.165, 1.54) is 0 Å². The van der Waals surface area contributed by atoms with Gasteiger partial charge in [0.15, 0.2) is 5.43 Å². The third-order valence-corrected chi connectivity index (χ3v) is 3.51. The van der Waals surface area contributed by atoms with Crippen LogP contribution < -0.4 is 10.7 Å². The molecule has 0 aliphatic heterocycles. The third kappa shape index (κ3) is 4.19. The van der Waals surface area contributed by atoms with Crippen molar-refractivity contribution >= 4 is 11.6 Å². The minimum Gasteiger partial charge on any atom is -0.321 e. The fourth-order valence-corrected chi connectivity index (χ4v) is 2.39. The Balaban J connectivity index is 2.32. The molecule has 0 atom stereocenters. The molecule has 0 saturated carbocycles. The molecule has 0 aliphatic carbocycles. The Kier molecular flexibility index (Phi) is 5.21. The highest BCUT2D eigenvalue weighted by Crippen LogP contribution is 2.16. The molecule has 1 N–H and O–H groups in total. The number of pyridine rings is 1. The lowest BCUT2D eigenvalue weighted by atomic mass is 10.2. The van der Waals surface area contributed by atoms with E-state index in [4.69, 9.17) is 11.6 Å². The number of hydrogen-bond donors (Lipinski definition) is 1. The average Bonchev–Trinajstić information content (AvgIpc) is 2.40. The molecule has 0 fully saturated rings. The van der Waals surface area contributed by atoms with Gasteiger partial charge in [-0.2, -0.15) is 0 Å². The summed E-state index contributed by atoms with van der Waals surface area (Å²) in [6, 6.07) is 9.30. The molecule has 0 unspecified atom stereocenters. The summed E-state index contributed by atoms with van der Waals surface area (Å²) < 4.78 is 2.00. The normalized spacial score (nSPS) is 11.1. The van der Waals surface area contributed by atoms with Crippen molar-refractivity contribution in [3.05, 3.63) is 63.0 Å². The Labute approximate surface area is 130 Å². The van der Waals surface area contributed by atoms with Gasteiger partial charge in [0.1, 0.15) is 0 Å². The van der Waals surface area contributed by atoms with E-state index in [-0.39, 0.29) is 5.43 Å². The SMILES string of the molecule is Cc1cc(=O)c(CNCC(C)C)cn1-c1cccc(Cl)c1. The number of halogens is 1. The molecule has 3 nitrogen and oxygen atoms in total. The van der Waals surface area contributed by atoms with Crippen LogP contribution in [0, 0.1) is 12.8 Å². The largest absolute Gasteiger partial charge is 0.321 e. The van der Waals surface area contributed by atoms with Crippen LogP contribution in [0.5, 0.6) is 0 Å². The van der Waals surface area contributed by atoms with Crippen molar-refractivity contribution in [3.8, 4) is 5.69 Å². The second kappa shape index (κ2) is 6.92. The first-order chi connectivity index (χ1) is 9.97. The number of hydrogen-bond acceptors (Lipinski definition) is 2. The molecule has 1 heterocycles. The summed E-state index contributed by atoms with van der Waals surface area (Å²) >= 11 is 6.05.